The van der Waals surface area contributed by atoms with Crippen LogP contribution in [-0.2, 0) is 17.9 Å². The smallest absolute Gasteiger partial charge is 0.338 e. The summed E-state index contributed by atoms with van der Waals surface area (Å²) in [5.74, 6) is 1.02. The predicted molar refractivity (Wildman–Crippen MR) is 94.7 cm³/mol. The SMILES string of the molecule is CN(Cc1n[nH]c(=O)[nH]1)C(=O)CC1CCN(Cc2ccccc2)CC1. The Hall–Kier alpha value is -2.41. The van der Waals surface area contributed by atoms with Gasteiger partial charge in [-0.1, -0.05) is 30.3 Å². The average molecular weight is 343 g/mol. The van der Waals surface area contributed by atoms with Gasteiger partial charge in [-0.25, -0.2) is 9.89 Å². The minimum atomic E-state index is -0.346. The normalized spacial score (nSPS) is 16.0. The number of piperidine rings is 1. The van der Waals surface area contributed by atoms with Gasteiger partial charge in [-0.05, 0) is 37.4 Å². The fourth-order valence-electron chi connectivity index (χ4n) is 3.29. The quantitative estimate of drug-likeness (QED) is 0.829. The van der Waals surface area contributed by atoms with Crippen molar-refractivity contribution in [2.24, 2.45) is 5.92 Å². The van der Waals surface area contributed by atoms with E-state index < -0.39 is 0 Å². The molecule has 0 aliphatic carbocycles. The van der Waals surface area contributed by atoms with Crippen LogP contribution in [0.25, 0.3) is 0 Å². The van der Waals surface area contributed by atoms with E-state index in [1.54, 1.807) is 11.9 Å². The number of aromatic nitrogens is 3. The summed E-state index contributed by atoms with van der Waals surface area (Å²) < 4.78 is 0. The van der Waals surface area contributed by atoms with Gasteiger partial charge < -0.3 is 4.90 Å². The van der Waals surface area contributed by atoms with Crippen LogP contribution in [0.15, 0.2) is 35.1 Å². The van der Waals surface area contributed by atoms with Gasteiger partial charge in [0.05, 0.1) is 6.54 Å². The minimum absolute atomic E-state index is 0.102. The maximum atomic E-state index is 12.4. The number of rotatable bonds is 6. The lowest BCUT2D eigenvalue weighted by atomic mass is 9.92. The third-order valence-corrected chi connectivity index (χ3v) is 4.78. The second-order valence-electron chi connectivity index (χ2n) is 6.78. The molecule has 1 amide bonds. The van der Waals surface area contributed by atoms with Crippen molar-refractivity contribution in [3.05, 3.63) is 52.2 Å². The van der Waals surface area contributed by atoms with E-state index in [0.717, 1.165) is 32.5 Å². The largest absolute Gasteiger partial charge is 0.340 e. The van der Waals surface area contributed by atoms with Crippen LogP contribution < -0.4 is 5.69 Å². The van der Waals surface area contributed by atoms with E-state index in [9.17, 15) is 9.59 Å². The monoisotopic (exact) mass is 343 g/mol. The summed E-state index contributed by atoms with van der Waals surface area (Å²) in [7, 11) is 1.75. The van der Waals surface area contributed by atoms with E-state index in [1.807, 2.05) is 6.07 Å². The Bertz CT molecular complexity index is 731. The predicted octanol–water partition coefficient (Wildman–Crippen LogP) is 1.36. The Morgan fingerprint density at radius 3 is 2.64 bits per heavy atom. The lowest BCUT2D eigenvalue weighted by molar-refractivity contribution is -0.131. The molecule has 0 bridgehead atoms. The summed E-state index contributed by atoms with van der Waals surface area (Å²) in [4.78, 5) is 30.1. The molecule has 0 unspecified atom stereocenters. The molecule has 2 heterocycles. The van der Waals surface area contributed by atoms with Gasteiger partial charge in [0.2, 0.25) is 5.91 Å². The first kappa shape index (κ1) is 17.4. The van der Waals surface area contributed by atoms with Crippen molar-refractivity contribution in [2.45, 2.75) is 32.4 Å². The molecule has 1 fully saturated rings. The van der Waals surface area contributed by atoms with Crippen LogP contribution in [0.2, 0.25) is 0 Å². The highest BCUT2D eigenvalue weighted by molar-refractivity contribution is 5.76. The Balaban J connectivity index is 1.42. The Morgan fingerprint density at radius 1 is 1.28 bits per heavy atom. The van der Waals surface area contributed by atoms with Crippen LogP contribution in [-0.4, -0.2) is 51.0 Å². The van der Waals surface area contributed by atoms with Crippen LogP contribution in [0.4, 0.5) is 0 Å². The van der Waals surface area contributed by atoms with Gasteiger partial charge in [0.1, 0.15) is 0 Å². The molecule has 134 valence electrons. The summed E-state index contributed by atoms with van der Waals surface area (Å²) in [6, 6.07) is 10.5. The molecule has 3 rings (SSSR count). The molecule has 1 saturated heterocycles. The topological polar surface area (TPSA) is 85.1 Å². The van der Waals surface area contributed by atoms with Crippen molar-refractivity contribution >= 4 is 5.91 Å². The maximum Gasteiger partial charge on any atom is 0.340 e. The van der Waals surface area contributed by atoms with Crippen molar-refractivity contribution < 1.29 is 4.79 Å². The number of nitrogens with one attached hydrogen (secondary N) is 2. The lowest BCUT2D eigenvalue weighted by Crippen LogP contribution is -2.36. The summed E-state index contributed by atoms with van der Waals surface area (Å²) >= 11 is 0. The van der Waals surface area contributed by atoms with E-state index in [4.69, 9.17) is 0 Å². The summed E-state index contributed by atoms with van der Waals surface area (Å²) in [5, 5.41) is 6.16. The molecule has 7 nitrogen and oxygen atoms in total. The van der Waals surface area contributed by atoms with Crippen LogP contribution >= 0.6 is 0 Å². The van der Waals surface area contributed by atoms with E-state index >= 15 is 0 Å². The minimum Gasteiger partial charge on any atom is -0.338 e. The fraction of sp³-hybridized carbons (Fsp3) is 0.500. The Morgan fingerprint density at radius 2 is 2.00 bits per heavy atom. The molecule has 1 aromatic carbocycles. The van der Waals surface area contributed by atoms with Crippen molar-refractivity contribution in [3.63, 3.8) is 0 Å². The Labute approximate surface area is 147 Å². The van der Waals surface area contributed by atoms with Crippen molar-refractivity contribution in [3.8, 4) is 0 Å². The lowest BCUT2D eigenvalue weighted by Gasteiger charge is -2.32. The molecule has 0 atom stereocenters. The fourth-order valence-corrected chi connectivity index (χ4v) is 3.29. The number of aromatic amines is 2. The Kier molecular flexibility index (Phi) is 5.65. The number of amides is 1. The number of carbonyl (C=O) groups is 1. The number of hydrogen-bond acceptors (Lipinski definition) is 4. The molecule has 2 aromatic rings. The number of nitrogens with zero attached hydrogens (tertiary/aromatic N) is 3. The molecule has 25 heavy (non-hydrogen) atoms. The van der Waals surface area contributed by atoms with Crippen LogP contribution in [0.5, 0.6) is 0 Å². The first-order valence-electron chi connectivity index (χ1n) is 8.74. The van der Waals surface area contributed by atoms with Crippen LogP contribution in [0.3, 0.4) is 0 Å². The zero-order valence-electron chi connectivity index (χ0n) is 14.6. The maximum absolute atomic E-state index is 12.4. The highest BCUT2D eigenvalue weighted by atomic mass is 16.2. The average Bonchev–Trinajstić information content (AvgIpc) is 3.02. The van der Waals surface area contributed by atoms with Gasteiger partial charge in [-0.2, -0.15) is 5.10 Å². The molecular weight excluding hydrogens is 318 g/mol. The first-order chi connectivity index (χ1) is 12.1. The van der Waals surface area contributed by atoms with E-state index in [-0.39, 0.29) is 11.6 Å². The third-order valence-electron chi connectivity index (χ3n) is 4.78. The van der Waals surface area contributed by atoms with Gasteiger partial charge in [-0.15, -0.1) is 0 Å². The standard InChI is InChI=1S/C18H25N5O2/c1-22(13-16-19-18(25)21-20-16)17(24)11-14-7-9-23(10-8-14)12-15-5-3-2-4-6-15/h2-6,14H,7-13H2,1H3,(H2,19,20,21,25). The third kappa shape index (κ3) is 5.03. The highest BCUT2D eigenvalue weighted by Crippen LogP contribution is 2.22. The number of benzene rings is 1. The van der Waals surface area contributed by atoms with E-state index in [2.05, 4.69) is 44.3 Å². The van der Waals surface area contributed by atoms with Crippen molar-refractivity contribution in [1.29, 1.82) is 0 Å². The van der Waals surface area contributed by atoms with E-state index in [1.165, 1.54) is 5.56 Å². The molecule has 0 saturated carbocycles. The van der Waals surface area contributed by atoms with Gasteiger partial charge in [0, 0.05) is 20.0 Å². The van der Waals surface area contributed by atoms with Gasteiger partial charge in [0.15, 0.2) is 5.82 Å². The zero-order chi connectivity index (χ0) is 17.6. The number of carbonyl (C=O) groups excluding carboxylic acids is 1. The van der Waals surface area contributed by atoms with Gasteiger partial charge in [0.25, 0.3) is 0 Å². The number of hydrogen-bond donors (Lipinski definition) is 2. The van der Waals surface area contributed by atoms with Gasteiger partial charge >= 0.3 is 5.69 Å². The van der Waals surface area contributed by atoms with Crippen molar-refractivity contribution in [2.75, 3.05) is 20.1 Å². The molecule has 7 heteroatoms. The van der Waals surface area contributed by atoms with E-state index in [0.29, 0.717) is 24.7 Å². The van der Waals surface area contributed by atoms with Gasteiger partial charge in [-0.3, -0.25) is 14.7 Å². The molecule has 1 aliphatic heterocycles. The molecule has 1 aliphatic rings. The van der Waals surface area contributed by atoms with Crippen LogP contribution in [0, 0.1) is 5.92 Å². The second-order valence-corrected chi connectivity index (χ2v) is 6.78. The molecular formula is C18H25N5O2. The molecule has 0 radical (unpaired) electrons. The molecule has 2 N–H and O–H groups in total. The molecule has 1 aromatic heterocycles. The summed E-state index contributed by atoms with van der Waals surface area (Å²) in [5.41, 5.74) is 0.992. The summed E-state index contributed by atoms with van der Waals surface area (Å²) in [6.45, 7) is 3.37. The zero-order valence-corrected chi connectivity index (χ0v) is 14.6. The highest BCUT2D eigenvalue weighted by Gasteiger charge is 2.23. The second kappa shape index (κ2) is 8.11. The van der Waals surface area contributed by atoms with Crippen LogP contribution in [0.1, 0.15) is 30.7 Å². The number of likely N-dealkylation sites (tertiary alicyclic amines) is 1. The van der Waals surface area contributed by atoms with Crippen molar-refractivity contribution in [1.82, 2.24) is 25.0 Å². The number of H-pyrrole nitrogens is 2. The molecule has 0 spiro atoms. The first-order valence-corrected chi connectivity index (χ1v) is 8.74. The summed E-state index contributed by atoms with van der Waals surface area (Å²) in [6.07, 6.45) is 2.65.